The summed E-state index contributed by atoms with van der Waals surface area (Å²) in [5.74, 6) is 1.79. The monoisotopic (exact) mass is 205 g/mol. The van der Waals surface area contributed by atoms with Crippen LogP contribution in [0.25, 0.3) is 11.2 Å². The summed E-state index contributed by atoms with van der Waals surface area (Å²) in [4.78, 5) is 15.9. The Hall–Kier alpha value is -1.65. The SMILES string of the molecule is CCCNc1ncnc2nc(CC)[nH]c12. The van der Waals surface area contributed by atoms with Crippen molar-refractivity contribution in [2.75, 3.05) is 11.9 Å². The number of nitrogens with one attached hydrogen (secondary N) is 2. The molecule has 2 aromatic heterocycles. The van der Waals surface area contributed by atoms with Gasteiger partial charge < -0.3 is 10.3 Å². The quantitative estimate of drug-likeness (QED) is 0.797. The summed E-state index contributed by atoms with van der Waals surface area (Å²) in [5, 5.41) is 3.25. The highest BCUT2D eigenvalue weighted by Crippen LogP contribution is 2.16. The molecule has 5 heteroatoms. The van der Waals surface area contributed by atoms with Crippen molar-refractivity contribution in [3.05, 3.63) is 12.2 Å². The van der Waals surface area contributed by atoms with Crippen molar-refractivity contribution in [3.63, 3.8) is 0 Å². The molecule has 0 aliphatic heterocycles. The molecular weight excluding hydrogens is 190 g/mol. The number of hydrogen-bond acceptors (Lipinski definition) is 4. The Kier molecular flexibility index (Phi) is 2.80. The maximum atomic E-state index is 4.35. The van der Waals surface area contributed by atoms with E-state index in [2.05, 4.69) is 39.1 Å². The molecule has 15 heavy (non-hydrogen) atoms. The second kappa shape index (κ2) is 4.25. The number of rotatable bonds is 4. The molecule has 0 aliphatic rings. The van der Waals surface area contributed by atoms with E-state index >= 15 is 0 Å². The Morgan fingerprint density at radius 3 is 2.93 bits per heavy atom. The van der Waals surface area contributed by atoms with Gasteiger partial charge in [-0.15, -0.1) is 0 Å². The van der Waals surface area contributed by atoms with Crippen LogP contribution in [-0.2, 0) is 6.42 Å². The maximum absolute atomic E-state index is 4.35. The predicted molar refractivity (Wildman–Crippen MR) is 59.8 cm³/mol. The molecule has 0 amide bonds. The van der Waals surface area contributed by atoms with Crippen LogP contribution < -0.4 is 5.32 Å². The molecule has 0 saturated heterocycles. The van der Waals surface area contributed by atoms with E-state index in [-0.39, 0.29) is 0 Å². The molecule has 0 aromatic carbocycles. The smallest absolute Gasteiger partial charge is 0.183 e. The first-order valence-electron chi connectivity index (χ1n) is 5.28. The van der Waals surface area contributed by atoms with Gasteiger partial charge in [-0.3, -0.25) is 0 Å². The number of aromatic nitrogens is 4. The van der Waals surface area contributed by atoms with Gasteiger partial charge in [0.15, 0.2) is 11.5 Å². The molecule has 0 spiro atoms. The lowest BCUT2D eigenvalue weighted by Crippen LogP contribution is -2.02. The van der Waals surface area contributed by atoms with Crippen LogP contribution in [0.3, 0.4) is 0 Å². The second-order valence-corrected chi connectivity index (χ2v) is 3.38. The predicted octanol–water partition coefficient (Wildman–Crippen LogP) is 1.74. The van der Waals surface area contributed by atoms with Gasteiger partial charge in [-0.2, -0.15) is 0 Å². The fourth-order valence-electron chi connectivity index (χ4n) is 1.42. The molecule has 2 aromatic rings. The van der Waals surface area contributed by atoms with Crippen molar-refractivity contribution < 1.29 is 0 Å². The molecule has 5 nitrogen and oxygen atoms in total. The van der Waals surface area contributed by atoms with Crippen molar-refractivity contribution in [2.24, 2.45) is 0 Å². The molecule has 80 valence electrons. The van der Waals surface area contributed by atoms with Gasteiger partial charge in [0, 0.05) is 13.0 Å². The third kappa shape index (κ3) is 1.91. The zero-order chi connectivity index (χ0) is 10.7. The topological polar surface area (TPSA) is 66.5 Å². The molecule has 0 saturated carbocycles. The van der Waals surface area contributed by atoms with Gasteiger partial charge >= 0.3 is 0 Å². The molecule has 0 unspecified atom stereocenters. The van der Waals surface area contributed by atoms with Crippen molar-refractivity contribution >= 4 is 17.0 Å². The molecule has 2 rings (SSSR count). The van der Waals surface area contributed by atoms with Gasteiger partial charge in [0.05, 0.1) is 0 Å². The molecule has 2 heterocycles. The number of fused-ring (bicyclic) bond motifs is 1. The lowest BCUT2D eigenvalue weighted by Gasteiger charge is -2.02. The fraction of sp³-hybridized carbons (Fsp3) is 0.500. The molecule has 0 radical (unpaired) electrons. The summed E-state index contributed by atoms with van der Waals surface area (Å²) in [6, 6.07) is 0. The third-order valence-electron chi connectivity index (χ3n) is 2.21. The van der Waals surface area contributed by atoms with Crippen molar-refractivity contribution in [2.45, 2.75) is 26.7 Å². The molecule has 0 aliphatic carbocycles. The number of hydrogen-bond donors (Lipinski definition) is 2. The number of anilines is 1. The molecule has 0 atom stereocenters. The second-order valence-electron chi connectivity index (χ2n) is 3.38. The van der Waals surface area contributed by atoms with E-state index in [9.17, 15) is 0 Å². The highest BCUT2D eigenvalue weighted by Gasteiger charge is 2.07. The van der Waals surface area contributed by atoms with Crippen LogP contribution in [0, 0.1) is 0 Å². The standard InChI is InChI=1S/C10H15N5/c1-3-5-11-9-8-10(13-6-12-9)15-7(4-2)14-8/h6H,3-5H2,1-2H3,(H2,11,12,13,14,15). The Labute approximate surface area is 88.4 Å². The zero-order valence-electron chi connectivity index (χ0n) is 9.04. The van der Waals surface area contributed by atoms with E-state index in [4.69, 9.17) is 0 Å². The maximum Gasteiger partial charge on any atom is 0.183 e. The Morgan fingerprint density at radius 1 is 1.33 bits per heavy atom. The number of aryl methyl sites for hydroxylation is 1. The van der Waals surface area contributed by atoms with Gasteiger partial charge in [0.2, 0.25) is 0 Å². The van der Waals surface area contributed by atoms with Crippen LogP contribution in [0.4, 0.5) is 5.82 Å². The number of imidazole rings is 1. The third-order valence-corrected chi connectivity index (χ3v) is 2.21. The first-order valence-corrected chi connectivity index (χ1v) is 5.28. The first-order chi connectivity index (χ1) is 7.35. The normalized spacial score (nSPS) is 10.8. The minimum Gasteiger partial charge on any atom is -0.368 e. The summed E-state index contributed by atoms with van der Waals surface area (Å²) >= 11 is 0. The van der Waals surface area contributed by atoms with Crippen LogP contribution in [0.5, 0.6) is 0 Å². The van der Waals surface area contributed by atoms with Crippen LogP contribution in [0.1, 0.15) is 26.1 Å². The number of H-pyrrole nitrogens is 1. The average Bonchev–Trinajstić information content (AvgIpc) is 2.69. The van der Waals surface area contributed by atoms with Crippen LogP contribution >= 0.6 is 0 Å². The molecular formula is C10H15N5. The van der Waals surface area contributed by atoms with Crippen molar-refractivity contribution in [3.8, 4) is 0 Å². The van der Waals surface area contributed by atoms with E-state index in [1.54, 1.807) is 6.33 Å². The highest BCUT2D eigenvalue weighted by molar-refractivity contribution is 5.82. The fourth-order valence-corrected chi connectivity index (χ4v) is 1.42. The van der Waals surface area contributed by atoms with E-state index in [0.29, 0.717) is 0 Å². The van der Waals surface area contributed by atoms with Crippen LogP contribution in [0.2, 0.25) is 0 Å². The summed E-state index contributed by atoms with van der Waals surface area (Å²) < 4.78 is 0. The zero-order valence-corrected chi connectivity index (χ0v) is 9.04. The number of nitrogens with zero attached hydrogens (tertiary/aromatic N) is 3. The highest BCUT2D eigenvalue weighted by atomic mass is 15.1. The Bertz CT molecular complexity index is 448. The van der Waals surface area contributed by atoms with E-state index in [1.165, 1.54) is 0 Å². The first kappa shape index (κ1) is 9.89. The summed E-state index contributed by atoms with van der Waals surface area (Å²) in [6.45, 7) is 5.09. The summed E-state index contributed by atoms with van der Waals surface area (Å²) in [7, 11) is 0. The molecule has 0 fully saturated rings. The molecule has 0 bridgehead atoms. The van der Waals surface area contributed by atoms with Gasteiger partial charge in [-0.1, -0.05) is 13.8 Å². The Balaban J connectivity index is 2.40. The largest absolute Gasteiger partial charge is 0.368 e. The van der Waals surface area contributed by atoms with Gasteiger partial charge in [-0.25, -0.2) is 15.0 Å². The van der Waals surface area contributed by atoms with Crippen LogP contribution in [-0.4, -0.2) is 26.5 Å². The van der Waals surface area contributed by atoms with Crippen LogP contribution in [0.15, 0.2) is 6.33 Å². The van der Waals surface area contributed by atoms with E-state index in [1.807, 2.05) is 0 Å². The van der Waals surface area contributed by atoms with Gasteiger partial charge in [0.25, 0.3) is 0 Å². The minimum atomic E-state index is 0.737. The van der Waals surface area contributed by atoms with Gasteiger partial charge in [-0.05, 0) is 6.42 Å². The van der Waals surface area contributed by atoms with Crippen molar-refractivity contribution in [1.82, 2.24) is 19.9 Å². The van der Waals surface area contributed by atoms with Gasteiger partial charge in [0.1, 0.15) is 17.7 Å². The Morgan fingerprint density at radius 2 is 2.20 bits per heavy atom. The lowest BCUT2D eigenvalue weighted by atomic mass is 10.4. The molecule has 2 N–H and O–H groups in total. The van der Waals surface area contributed by atoms with E-state index < -0.39 is 0 Å². The summed E-state index contributed by atoms with van der Waals surface area (Å²) in [6.07, 6.45) is 3.49. The minimum absolute atomic E-state index is 0.737. The average molecular weight is 205 g/mol. The van der Waals surface area contributed by atoms with Crippen molar-refractivity contribution in [1.29, 1.82) is 0 Å². The number of aromatic amines is 1. The van der Waals surface area contributed by atoms with E-state index in [0.717, 1.165) is 42.2 Å². The lowest BCUT2D eigenvalue weighted by molar-refractivity contribution is 0.968. The summed E-state index contributed by atoms with van der Waals surface area (Å²) in [5.41, 5.74) is 1.64.